The Bertz CT molecular complexity index is 863. The lowest BCUT2D eigenvalue weighted by atomic mass is 9.92. The first-order valence-corrected chi connectivity index (χ1v) is 9.79. The molecule has 0 spiro atoms. The molecule has 26 heavy (non-hydrogen) atoms. The average Bonchev–Trinajstić information content (AvgIpc) is 2.92. The van der Waals surface area contributed by atoms with Gasteiger partial charge in [-0.05, 0) is 58.1 Å². The molecule has 0 aromatic carbocycles. The molecule has 0 bridgehead atoms. The van der Waals surface area contributed by atoms with E-state index in [1.807, 2.05) is 19.9 Å². The predicted molar refractivity (Wildman–Crippen MR) is 102 cm³/mol. The second-order valence-corrected chi connectivity index (χ2v) is 8.26. The Morgan fingerprint density at radius 1 is 1.31 bits per heavy atom. The minimum Gasteiger partial charge on any atom is -0.393 e. The van der Waals surface area contributed by atoms with Gasteiger partial charge in [0.25, 0.3) is 11.5 Å². The third-order valence-corrected chi connectivity index (χ3v) is 6.10. The fourth-order valence-electron chi connectivity index (χ4n) is 3.53. The van der Waals surface area contributed by atoms with Gasteiger partial charge in [0.2, 0.25) is 0 Å². The van der Waals surface area contributed by atoms with Gasteiger partial charge in [0, 0.05) is 17.1 Å². The number of nitrogens with zero attached hydrogens (tertiary/aromatic N) is 2. The Morgan fingerprint density at radius 2 is 2.00 bits per heavy atom. The molecule has 2 N–H and O–H groups in total. The molecule has 1 aliphatic rings. The molecule has 6 nitrogen and oxygen atoms in total. The number of aryl methyl sites for hydroxylation is 3. The van der Waals surface area contributed by atoms with Crippen molar-refractivity contribution in [2.45, 2.75) is 65.1 Å². The van der Waals surface area contributed by atoms with Crippen molar-refractivity contribution in [1.82, 2.24) is 14.9 Å². The van der Waals surface area contributed by atoms with E-state index in [-0.39, 0.29) is 29.2 Å². The number of carbonyl (C=O) groups is 1. The molecule has 0 saturated heterocycles. The number of nitrogens with one attached hydrogen (secondary N) is 1. The summed E-state index contributed by atoms with van der Waals surface area (Å²) >= 11 is 1.55. The summed E-state index contributed by atoms with van der Waals surface area (Å²) in [5, 5.41) is 13.5. The van der Waals surface area contributed by atoms with Crippen LogP contribution in [0.1, 0.15) is 63.2 Å². The number of hydrogen-bond donors (Lipinski definition) is 2. The maximum Gasteiger partial charge on any atom is 0.263 e. The Labute approximate surface area is 156 Å². The first-order chi connectivity index (χ1) is 12.4. The number of amides is 1. The Hall–Kier alpha value is -1.99. The molecule has 0 radical (unpaired) electrons. The molecule has 1 saturated carbocycles. The number of aliphatic hydroxyl groups excluding tert-OH is 1. The van der Waals surface area contributed by atoms with Crippen LogP contribution in [-0.2, 0) is 6.54 Å². The van der Waals surface area contributed by atoms with Crippen LogP contribution in [0.4, 0.5) is 0 Å². The van der Waals surface area contributed by atoms with Gasteiger partial charge in [0.1, 0.15) is 5.56 Å². The summed E-state index contributed by atoms with van der Waals surface area (Å²) in [4.78, 5) is 31.0. The van der Waals surface area contributed by atoms with Crippen LogP contribution in [0, 0.1) is 20.8 Å². The van der Waals surface area contributed by atoms with Crippen LogP contribution in [-0.4, -0.2) is 26.7 Å². The van der Waals surface area contributed by atoms with E-state index < -0.39 is 0 Å². The SMILES string of the molecule is Cc1nc(C)c(CNC(=O)c2c(C)ccn(C3CCC(O)CC3)c2=O)s1. The van der Waals surface area contributed by atoms with Crippen LogP contribution in [0.25, 0.3) is 0 Å². The summed E-state index contributed by atoms with van der Waals surface area (Å²) in [7, 11) is 0. The summed E-state index contributed by atoms with van der Waals surface area (Å²) in [5.41, 5.74) is 1.55. The van der Waals surface area contributed by atoms with Crippen LogP contribution in [0.3, 0.4) is 0 Å². The molecule has 2 aromatic rings. The monoisotopic (exact) mass is 375 g/mol. The van der Waals surface area contributed by atoms with E-state index in [1.54, 1.807) is 29.0 Å². The molecular formula is C19H25N3O3S. The van der Waals surface area contributed by atoms with E-state index in [1.165, 1.54) is 0 Å². The van der Waals surface area contributed by atoms with Crippen molar-refractivity contribution in [3.63, 3.8) is 0 Å². The number of carbonyl (C=O) groups excluding carboxylic acids is 1. The fourth-order valence-corrected chi connectivity index (χ4v) is 4.40. The van der Waals surface area contributed by atoms with Crippen LogP contribution < -0.4 is 10.9 Å². The van der Waals surface area contributed by atoms with Gasteiger partial charge in [0.05, 0.1) is 23.4 Å². The van der Waals surface area contributed by atoms with Crippen LogP contribution >= 0.6 is 11.3 Å². The highest BCUT2D eigenvalue weighted by atomic mass is 32.1. The Morgan fingerprint density at radius 3 is 2.62 bits per heavy atom. The highest BCUT2D eigenvalue weighted by molar-refractivity contribution is 7.11. The summed E-state index contributed by atoms with van der Waals surface area (Å²) in [6, 6.07) is 1.87. The zero-order valence-electron chi connectivity index (χ0n) is 15.4. The predicted octanol–water partition coefficient (Wildman–Crippen LogP) is 2.64. The third kappa shape index (κ3) is 3.88. The van der Waals surface area contributed by atoms with Crippen molar-refractivity contribution in [3.8, 4) is 0 Å². The maximum absolute atomic E-state index is 12.9. The van der Waals surface area contributed by atoms with E-state index in [9.17, 15) is 14.7 Å². The van der Waals surface area contributed by atoms with Crippen molar-refractivity contribution in [3.05, 3.63) is 49.3 Å². The molecule has 1 aliphatic carbocycles. The molecule has 140 valence electrons. The van der Waals surface area contributed by atoms with Gasteiger partial charge in [0.15, 0.2) is 0 Å². The molecule has 0 aliphatic heterocycles. The van der Waals surface area contributed by atoms with Crippen LogP contribution in [0.2, 0.25) is 0 Å². The summed E-state index contributed by atoms with van der Waals surface area (Å²) in [6.45, 7) is 6.01. The average molecular weight is 375 g/mol. The summed E-state index contributed by atoms with van der Waals surface area (Å²) in [5.74, 6) is -0.344. The normalized spacial score (nSPS) is 20.2. The van der Waals surface area contributed by atoms with Crippen molar-refractivity contribution < 1.29 is 9.90 Å². The molecular weight excluding hydrogens is 350 g/mol. The summed E-state index contributed by atoms with van der Waals surface area (Å²) < 4.78 is 1.66. The van der Waals surface area contributed by atoms with Gasteiger partial charge >= 0.3 is 0 Å². The zero-order valence-corrected chi connectivity index (χ0v) is 16.2. The molecule has 1 amide bonds. The number of aromatic nitrogens is 2. The molecule has 0 atom stereocenters. The van der Waals surface area contributed by atoms with Gasteiger partial charge < -0.3 is 15.0 Å². The second kappa shape index (κ2) is 7.72. The lowest BCUT2D eigenvalue weighted by molar-refractivity contribution is 0.0944. The number of pyridine rings is 1. The fraction of sp³-hybridized carbons (Fsp3) is 0.526. The van der Waals surface area contributed by atoms with E-state index in [0.29, 0.717) is 24.9 Å². The molecule has 7 heteroatoms. The number of aliphatic hydroxyl groups is 1. The standard InChI is InChI=1S/C19H25N3O3S/c1-11-8-9-22(14-4-6-15(23)7-5-14)19(25)17(11)18(24)20-10-16-12(2)21-13(3)26-16/h8-9,14-15,23H,4-7,10H2,1-3H3,(H,20,24). The Balaban J connectivity index is 1.80. The molecule has 3 rings (SSSR count). The quantitative estimate of drug-likeness (QED) is 0.860. The molecule has 0 unspecified atom stereocenters. The summed E-state index contributed by atoms with van der Waals surface area (Å²) in [6.07, 6.45) is 4.39. The molecule has 2 aromatic heterocycles. The first-order valence-electron chi connectivity index (χ1n) is 8.97. The minimum atomic E-state index is -0.344. The Kier molecular flexibility index (Phi) is 5.58. The van der Waals surface area contributed by atoms with E-state index in [4.69, 9.17) is 0 Å². The van der Waals surface area contributed by atoms with Crippen molar-refractivity contribution in [2.75, 3.05) is 0 Å². The van der Waals surface area contributed by atoms with Gasteiger partial charge in [-0.3, -0.25) is 9.59 Å². The van der Waals surface area contributed by atoms with Crippen molar-refractivity contribution in [1.29, 1.82) is 0 Å². The minimum absolute atomic E-state index is 0.0458. The topological polar surface area (TPSA) is 84.2 Å². The zero-order chi connectivity index (χ0) is 18.8. The van der Waals surface area contributed by atoms with Crippen molar-refractivity contribution >= 4 is 17.2 Å². The van der Waals surface area contributed by atoms with E-state index in [2.05, 4.69) is 10.3 Å². The van der Waals surface area contributed by atoms with Crippen molar-refractivity contribution in [2.24, 2.45) is 0 Å². The largest absolute Gasteiger partial charge is 0.393 e. The highest BCUT2D eigenvalue weighted by Crippen LogP contribution is 2.27. The third-order valence-electron chi connectivity index (χ3n) is 5.02. The maximum atomic E-state index is 12.9. The van der Waals surface area contributed by atoms with Gasteiger partial charge in [-0.1, -0.05) is 0 Å². The van der Waals surface area contributed by atoms with Gasteiger partial charge in [-0.15, -0.1) is 11.3 Å². The van der Waals surface area contributed by atoms with Crippen LogP contribution in [0.5, 0.6) is 0 Å². The second-order valence-electron chi connectivity index (χ2n) is 6.97. The number of thiazole rings is 1. The number of hydrogen-bond acceptors (Lipinski definition) is 5. The van der Waals surface area contributed by atoms with Gasteiger partial charge in [-0.25, -0.2) is 4.98 Å². The lowest BCUT2D eigenvalue weighted by Gasteiger charge is -2.27. The van der Waals surface area contributed by atoms with E-state index in [0.717, 1.165) is 28.4 Å². The smallest absolute Gasteiger partial charge is 0.263 e. The van der Waals surface area contributed by atoms with E-state index >= 15 is 0 Å². The van der Waals surface area contributed by atoms with Gasteiger partial charge in [-0.2, -0.15) is 0 Å². The molecule has 2 heterocycles. The molecule has 1 fully saturated rings. The number of rotatable bonds is 4. The first kappa shape index (κ1) is 18.8. The van der Waals surface area contributed by atoms with Crippen LogP contribution in [0.15, 0.2) is 17.1 Å². The highest BCUT2D eigenvalue weighted by Gasteiger charge is 2.24. The lowest BCUT2D eigenvalue weighted by Crippen LogP contribution is -2.36.